The summed E-state index contributed by atoms with van der Waals surface area (Å²) in [5.74, 6) is -0.269. The van der Waals surface area contributed by atoms with Crippen molar-refractivity contribution in [1.82, 2.24) is 5.32 Å². The number of amides is 1. The first kappa shape index (κ1) is 12.8. The Bertz CT molecular complexity index is 382. The summed E-state index contributed by atoms with van der Waals surface area (Å²) >= 11 is 5.79. The summed E-state index contributed by atoms with van der Waals surface area (Å²) in [5.41, 5.74) is 6.40. The minimum atomic E-state index is -0.520. The highest BCUT2D eigenvalue weighted by Crippen LogP contribution is 2.19. The molecule has 16 heavy (non-hydrogen) atoms. The maximum Gasteiger partial charge on any atom is 0.251 e. The van der Waals surface area contributed by atoms with Crippen molar-refractivity contribution < 1.29 is 9.90 Å². The Morgan fingerprint density at radius 2 is 2.31 bits per heavy atom. The van der Waals surface area contributed by atoms with Gasteiger partial charge in [0.25, 0.3) is 5.91 Å². The Balaban J connectivity index is 2.63. The van der Waals surface area contributed by atoms with Crippen molar-refractivity contribution >= 4 is 23.2 Å². The SMILES string of the molecule is CCC(O)CNC(=O)c1ccc(N)c(Cl)c1. The van der Waals surface area contributed by atoms with Crippen LogP contribution in [0.15, 0.2) is 18.2 Å². The molecule has 0 spiro atoms. The van der Waals surface area contributed by atoms with Gasteiger partial charge in [0.2, 0.25) is 0 Å². The third-order valence-corrected chi connectivity index (χ3v) is 2.56. The third kappa shape index (κ3) is 3.40. The molecule has 1 aromatic carbocycles. The van der Waals surface area contributed by atoms with E-state index in [0.29, 0.717) is 22.7 Å². The molecule has 4 N–H and O–H groups in total. The number of nitrogen functional groups attached to an aromatic ring is 1. The highest BCUT2D eigenvalue weighted by atomic mass is 35.5. The van der Waals surface area contributed by atoms with Crippen molar-refractivity contribution in [1.29, 1.82) is 0 Å². The minimum absolute atomic E-state index is 0.233. The number of nitrogens with one attached hydrogen (secondary N) is 1. The molecule has 0 aliphatic carbocycles. The fourth-order valence-electron chi connectivity index (χ4n) is 1.13. The Morgan fingerprint density at radius 1 is 1.62 bits per heavy atom. The monoisotopic (exact) mass is 242 g/mol. The van der Waals surface area contributed by atoms with Gasteiger partial charge < -0.3 is 16.2 Å². The van der Waals surface area contributed by atoms with Crippen LogP contribution in [0.5, 0.6) is 0 Å². The number of anilines is 1. The van der Waals surface area contributed by atoms with Crippen LogP contribution in [-0.4, -0.2) is 23.7 Å². The fraction of sp³-hybridized carbons (Fsp3) is 0.364. The van der Waals surface area contributed by atoms with Crippen LogP contribution >= 0.6 is 11.6 Å². The number of carbonyl (C=O) groups excluding carboxylic acids is 1. The van der Waals surface area contributed by atoms with Crippen molar-refractivity contribution in [2.45, 2.75) is 19.4 Å². The number of halogens is 1. The van der Waals surface area contributed by atoms with Gasteiger partial charge in [0.15, 0.2) is 0 Å². The minimum Gasteiger partial charge on any atom is -0.398 e. The average Bonchev–Trinajstić information content (AvgIpc) is 2.29. The van der Waals surface area contributed by atoms with Crippen LogP contribution in [0.4, 0.5) is 5.69 Å². The highest BCUT2D eigenvalue weighted by Gasteiger charge is 2.08. The summed E-state index contributed by atoms with van der Waals surface area (Å²) < 4.78 is 0. The molecule has 0 saturated carbocycles. The lowest BCUT2D eigenvalue weighted by atomic mass is 10.2. The Kier molecular flexibility index (Phi) is 4.58. The summed E-state index contributed by atoms with van der Waals surface area (Å²) in [7, 11) is 0. The predicted octanol–water partition coefficient (Wildman–Crippen LogP) is 1.42. The Hall–Kier alpha value is -1.26. The van der Waals surface area contributed by atoms with Gasteiger partial charge in [-0.25, -0.2) is 0 Å². The van der Waals surface area contributed by atoms with Gasteiger partial charge in [-0.2, -0.15) is 0 Å². The highest BCUT2D eigenvalue weighted by molar-refractivity contribution is 6.33. The van der Waals surface area contributed by atoms with Crippen molar-refractivity contribution in [3.63, 3.8) is 0 Å². The van der Waals surface area contributed by atoms with Crippen LogP contribution in [0, 0.1) is 0 Å². The maximum absolute atomic E-state index is 11.6. The standard InChI is InChI=1S/C11H15ClN2O2/c1-2-8(15)6-14-11(16)7-3-4-10(13)9(12)5-7/h3-5,8,15H,2,6,13H2,1H3,(H,14,16). The first-order chi connectivity index (χ1) is 7.54. The van der Waals surface area contributed by atoms with E-state index in [2.05, 4.69) is 5.32 Å². The normalized spacial score (nSPS) is 12.2. The number of aliphatic hydroxyl groups is 1. The molecule has 0 aliphatic heterocycles. The van der Waals surface area contributed by atoms with E-state index in [0.717, 1.165) is 0 Å². The molecule has 5 heteroatoms. The van der Waals surface area contributed by atoms with Crippen LogP contribution < -0.4 is 11.1 Å². The van der Waals surface area contributed by atoms with Crippen molar-refractivity contribution in [2.24, 2.45) is 0 Å². The van der Waals surface area contributed by atoms with Crippen molar-refractivity contribution in [2.75, 3.05) is 12.3 Å². The average molecular weight is 243 g/mol. The Labute approximate surface area is 99.4 Å². The first-order valence-electron chi connectivity index (χ1n) is 5.06. The molecule has 1 atom stereocenters. The maximum atomic E-state index is 11.6. The number of rotatable bonds is 4. The Morgan fingerprint density at radius 3 is 2.88 bits per heavy atom. The number of benzene rings is 1. The van der Waals surface area contributed by atoms with Gasteiger partial charge in [-0.3, -0.25) is 4.79 Å². The number of hydrogen-bond acceptors (Lipinski definition) is 3. The second-order valence-corrected chi connectivity index (χ2v) is 3.92. The summed E-state index contributed by atoms with van der Waals surface area (Å²) in [6.45, 7) is 2.08. The molecule has 0 heterocycles. The second-order valence-electron chi connectivity index (χ2n) is 3.51. The lowest BCUT2D eigenvalue weighted by Gasteiger charge is -2.09. The van der Waals surface area contributed by atoms with Crippen LogP contribution in [0.3, 0.4) is 0 Å². The van der Waals surface area contributed by atoms with Crippen LogP contribution in [-0.2, 0) is 0 Å². The van der Waals surface area contributed by atoms with Gasteiger partial charge in [0, 0.05) is 12.1 Å². The second kappa shape index (κ2) is 5.72. The predicted molar refractivity (Wildman–Crippen MR) is 64.5 cm³/mol. The van der Waals surface area contributed by atoms with Crippen molar-refractivity contribution in [3.8, 4) is 0 Å². The molecule has 1 aromatic rings. The molecule has 0 bridgehead atoms. The molecular formula is C11H15ClN2O2. The first-order valence-corrected chi connectivity index (χ1v) is 5.43. The van der Waals surface area contributed by atoms with Gasteiger partial charge in [-0.15, -0.1) is 0 Å². The van der Waals surface area contributed by atoms with Crippen LogP contribution in [0.25, 0.3) is 0 Å². The van der Waals surface area contributed by atoms with E-state index in [4.69, 9.17) is 17.3 Å². The third-order valence-electron chi connectivity index (χ3n) is 2.23. The summed E-state index contributed by atoms with van der Waals surface area (Å²) in [6.07, 6.45) is 0.0798. The number of nitrogens with two attached hydrogens (primary N) is 1. The quantitative estimate of drug-likeness (QED) is 0.699. The molecule has 4 nitrogen and oxygen atoms in total. The largest absolute Gasteiger partial charge is 0.398 e. The van der Waals surface area contributed by atoms with Crippen LogP contribution in [0.2, 0.25) is 5.02 Å². The summed E-state index contributed by atoms with van der Waals surface area (Å²) in [5, 5.41) is 12.3. The number of hydrogen-bond donors (Lipinski definition) is 3. The molecular weight excluding hydrogens is 228 g/mol. The summed E-state index contributed by atoms with van der Waals surface area (Å²) in [4.78, 5) is 11.6. The molecule has 0 aromatic heterocycles. The van der Waals surface area contributed by atoms with Crippen molar-refractivity contribution in [3.05, 3.63) is 28.8 Å². The lowest BCUT2D eigenvalue weighted by molar-refractivity contribution is 0.0914. The van der Waals surface area contributed by atoms with Gasteiger partial charge in [-0.1, -0.05) is 18.5 Å². The lowest BCUT2D eigenvalue weighted by Crippen LogP contribution is -2.31. The van der Waals surface area contributed by atoms with E-state index < -0.39 is 6.10 Å². The van der Waals surface area contributed by atoms with E-state index in [1.165, 1.54) is 6.07 Å². The molecule has 0 fully saturated rings. The fourth-order valence-corrected chi connectivity index (χ4v) is 1.31. The van der Waals surface area contributed by atoms with E-state index in [1.807, 2.05) is 6.92 Å². The molecule has 88 valence electrons. The van der Waals surface area contributed by atoms with Gasteiger partial charge in [-0.05, 0) is 24.6 Å². The molecule has 1 unspecified atom stereocenters. The van der Waals surface area contributed by atoms with Gasteiger partial charge in [0.05, 0.1) is 16.8 Å². The molecule has 0 aliphatic rings. The van der Waals surface area contributed by atoms with E-state index >= 15 is 0 Å². The zero-order valence-electron chi connectivity index (χ0n) is 9.03. The van der Waals surface area contributed by atoms with Crippen LogP contribution in [0.1, 0.15) is 23.7 Å². The molecule has 1 rings (SSSR count). The smallest absolute Gasteiger partial charge is 0.251 e. The van der Waals surface area contributed by atoms with Gasteiger partial charge >= 0.3 is 0 Å². The molecule has 0 saturated heterocycles. The molecule has 0 radical (unpaired) electrons. The molecule has 1 amide bonds. The number of carbonyl (C=O) groups is 1. The van der Waals surface area contributed by atoms with E-state index in [9.17, 15) is 9.90 Å². The summed E-state index contributed by atoms with van der Waals surface area (Å²) in [6, 6.07) is 4.67. The zero-order chi connectivity index (χ0) is 12.1. The van der Waals surface area contributed by atoms with Gasteiger partial charge in [0.1, 0.15) is 0 Å². The number of aliphatic hydroxyl groups excluding tert-OH is 1. The van der Waals surface area contributed by atoms with E-state index in [-0.39, 0.29) is 12.5 Å². The van der Waals surface area contributed by atoms with E-state index in [1.54, 1.807) is 12.1 Å². The zero-order valence-corrected chi connectivity index (χ0v) is 9.79. The topological polar surface area (TPSA) is 75.3 Å².